The second-order valence-corrected chi connectivity index (χ2v) is 10.2. The van der Waals surface area contributed by atoms with Crippen LogP contribution in [0.3, 0.4) is 0 Å². The molecule has 1 fully saturated rings. The molecule has 230 valence electrons. The summed E-state index contributed by atoms with van der Waals surface area (Å²) in [5, 5.41) is 0. The number of aromatic nitrogens is 1. The molecular weight excluding hydrogens is 598 g/mol. The van der Waals surface area contributed by atoms with Crippen LogP contribution in [-0.4, -0.2) is 52.4 Å². The van der Waals surface area contributed by atoms with E-state index in [2.05, 4.69) is 0 Å². The minimum atomic E-state index is -5.11. The molecule has 2 amide bonds. The molecule has 0 spiro atoms. The average molecular weight is 622 g/mol. The first-order valence-electron chi connectivity index (χ1n) is 13.3. The second-order valence-electron chi connectivity index (χ2n) is 10.2. The molecule has 1 aliphatic rings. The lowest BCUT2D eigenvalue weighted by molar-refractivity contribution is -0.143. The molecule has 0 unspecified atom stereocenters. The molecule has 0 aliphatic carbocycles. The van der Waals surface area contributed by atoms with E-state index in [9.17, 15) is 44.7 Å². The van der Waals surface area contributed by atoms with Gasteiger partial charge in [0.25, 0.3) is 11.8 Å². The monoisotopic (exact) mass is 621 g/mol. The van der Waals surface area contributed by atoms with Gasteiger partial charge in [-0.3, -0.25) is 9.59 Å². The van der Waals surface area contributed by atoms with Gasteiger partial charge in [0, 0.05) is 43.5 Å². The third-order valence-electron chi connectivity index (χ3n) is 7.39. The predicted molar refractivity (Wildman–Crippen MR) is 144 cm³/mol. The van der Waals surface area contributed by atoms with Crippen LogP contribution in [0.4, 0.5) is 35.1 Å². The molecule has 1 aliphatic heterocycles. The van der Waals surface area contributed by atoms with E-state index in [1.165, 1.54) is 15.5 Å². The highest BCUT2D eigenvalue weighted by molar-refractivity contribution is 5.98. The lowest BCUT2D eigenvalue weighted by atomic mass is 10.0. The second kappa shape index (κ2) is 11.4. The molecule has 0 N–H and O–H groups in total. The smallest absolute Gasteiger partial charge is 0.335 e. The molecule has 44 heavy (non-hydrogen) atoms. The minimum Gasteiger partial charge on any atom is -0.335 e. The zero-order chi connectivity index (χ0) is 32.0. The summed E-state index contributed by atoms with van der Waals surface area (Å²) in [5.74, 6) is -3.14. The number of carbonyl (C=O) groups is 2. The summed E-state index contributed by atoms with van der Waals surface area (Å²) in [6.07, 6.45) is -10.2. The standard InChI is InChI=1S/C31H23F8N3O2/c1-18-24(17-27(19-5-3-2-4-6-19)42(18)26-8-7-23(32)16-25(26)33)29(44)41-11-9-40(10-12-41)28(43)20-13-21(30(34,35)36)15-22(14-20)31(37,38)39/h2-8,13-17H,9-12H2,1H3. The number of benzene rings is 3. The first-order chi connectivity index (χ1) is 20.6. The number of alkyl halides is 6. The fourth-order valence-corrected chi connectivity index (χ4v) is 5.16. The number of rotatable bonds is 4. The van der Waals surface area contributed by atoms with Gasteiger partial charge in [-0.15, -0.1) is 0 Å². The SMILES string of the molecule is Cc1c(C(=O)N2CCN(C(=O)c3cc(C(F)(F)F)cc(C(F)(F)F)c3)CC2)cc(-c2ccccc2)n1-c1ccc(F)cc1F. The third kappa shape index (κ3) is 6.03. The highest BCUT2D eigenvalue weighted by Gasteiger charge is 2.38. The van der Waals surface area contributed by atoms with Gasteiger partial charge in [0.15, 0.2) is 0 Å². The molecule has 1 aromatic heterocycles. The first-order valence-corrected chi connectivity index (χ1v) is 13.3. The van der Waals surface area contributed by atoms with Crippen LogP contribution >= 0.6 is 0 Å². The van der Waals surface area contributed by atoms with Crippen LogP contribution in [0.5, 0.6) is 0 Å². The molecule has 1 saturated heterocycles. The van der Waals surface area contributed by atoms with E-state index in [0.29, 0.717) is 29.1 Å². The van der Waals surface area contributed by atoms with E-state index in [1.54, 1.807) is 43.3 Å². The summed E-state index contributed by atoms with van der Waals surface area (Å²) in [6.45, 7) is 1.16. The van der Waals surface area contributed by atoms with Gasteiger partial charge >= 0.3 is 12.4 Å². The zero-order valence-electron chi connectivity index (χ0n) is 22.9. The number of carbonyl (C=O) groups excluding carboxylic acids is 2. The van der Waals surface area contributed by atoms with Crippen LogP contribution < -0.4 is 0 Å². The number of halogens is 8. The Balaban J connectivity index is 1.41. The van der Waals surface area contributed by atoms with Crippen LogP contribution in [0.1, 0.15) is 37.5 Å². The highest BCUT2D eigenvalue weighted by atomic mass is 19.4. The molecule has 0 atom stereocenters. The van der Waals surface area contributed by atoms with E-state index in [4.69, 9.17) is 0 Å². The number of hydrogen-bond acceptors (Lipinski definition) is 2. The van der Waals surface area contributed by atoms with Crippen molar-refractivity contribution in [2.24, 2.45) is 0 Å². The topological polar surface area (TPSA) is 45.6 Å². The van der Waals surface area contributed by atoms with Crippen LogP contribution in [0, 0.1) is 18.6 Å². The Hall–Kier alpha value is -4.68. The normalized spacial score (nSPS) is 14.2. The highest BCUT2D eigenvalue weighted by Crippen LogP contribution is 2.37. The van der Waals surface area contributed by atoms with Gasteiger partial charge in [-0.1, -0.05) is 30.3 Å². The Morgan fingerprint density at radius 1 is 0.682 bits per heavy atom. The maximum atomic E-state index is 14.9. The van der Waals surface area contributed by atoms with Crippen molar-refractivity contribution in [3.63, 3.8) is 0 Å². The van der Waals surface area contributed by atoms with Crippen molar-refractivity contribution in [1.29, 1.82) is 0 Å². The quantitative estimate of drug-likeness (QED) is 0.224. The largest absolute Gasteiger partial charge is 0.416 e. The van der Waals surface area contributed by atoms with Crippen molar-refractivity contribution in [1.82, 2.24) is 14.4 Å². The van der Waals surface area contributed by atoms with Gasteiger partial charge in [0.2, 0.25) is 0 Å². The third-order valence-corrected chi connectivity index (χ3v) is 7.39. The van der Waals surface area contributed by atoms with Gasteiger partial charge in [0.05, 0.1) is 28.1 Å². The molecule has 5 nitrogen and oxygen atoms in total. The van der Waals surface area contributed by atoms with Crippen molar-refractivity contribution in [3.8, 4) is 16.9 Å². The molecule has 13 heteroatoms. The first kappa shape index (κ1) is 30.8. The lowest BCUT2D eigenvalue weighted by Crippen LogP contribution is -2.50. The van der Waals surface area contributed by atoms with Gasteiger partial charge in [0.1, 0.15) is 11.6 Å². The number of amides is 2. The van der Waals surface area contributed by atoms with E-state index in [1.807, 2.05) is 0 Å². The molecule has 0 bridgehead atoms. The summed E-state index contributed by atoms with van der Waals surface area (Å²) in [5.41, 5.74) is -2.32. The zero-order valence-corrected chi connectivity index (χ0v) is 22.9. The van der Waals surface area contributed by atoms with Crippen LogP contribution in [-0.2, 0) is 12.4 Å². The van der Waals surface area contributed by atoms with E-state index in [0.717, 1.165) is 17.0 Å². The van der Waals surface area contributed by atoms with Gasteiger partial charge in [-0.2, -0.15) is 26.3 Å². The molecule has 2 heterocycles. The maximum absolute atomic E-state index is 14.9. The number of nitrogens with zero attached hydrogens (tertiary/aromatic N) is 3. The Kier molecular flexibility index (Phi) is 8.00. The van der Waals surface area contributed by atoms with E-state index in [-0.39, 0.29) is 43.5 Å². The fourth-order valence-electron chi connectivity index (χ4n) is 5.16. The van der Waals surface area contributed by atoms with Gasteiger partial charge in [-0.25, -0.2) is 8.78 Å². The summed E-state index contributed by atoms with van der Waals surface area (Å²) < 4.78 is 110. The maximum Gasteiger partial charge on any atom is 0.416 e. The summed E-state index contributed by atoms with van der Waals surface area (Å²) in [7, 11) is 0. The summed E-state index contributed by atoms with van der Waals surface area (Å²) in [6, 6.07) is 14.1. The predicted octanol–water partition coefficient (Wildman–Crippen LogP) is 7.37. The lowest BCUT2D eigenvalue weighted by Gasteiger charge is -2.35. The van der Waals surface area contributed by atoms with Crippen LogP contribution in [0.15, 0.2) is 72.8 Å². The molecular formula is C31H23F8N3O2. The molecule has 4 aromatic rings. The van der Waals surface area contributed by atoms with Crippen LogP contribution in [0.2, 0.25) is 0 Å². The molecule has 0 saturated carbocycles. The van der Waals surface area contributed by atoms with Crippen molar-refractivity contribution in [3.05, 3.63) is 112 Å². The van der Waals surface area contributed by atoms with E-state index >= 15 is 0 Å². The van der Waals surface area contributed by atoms with Crippen molar-refractivity contribution in [2.45, 2.75) is 19.3 Å². The Morgan fingerprint density at radius 2 is 1.23 bits per heavy atom. The van der Waals surface area contributed by atoms with Gasteiger partial charge < -0.3 is 14.4 Å². The fraction of sp³-hybridized carbons (Fsp3) is 0.226. The molecule has 5 rings (SSSR count). The summed E-state index contributed by atoms with van der Waals surface area (Å²) >= 11 is 0. The molecule has 0 radical (unpaired) electrons. The van der Waals surface area contributed by atoms with E-state index < -0.39 is 52.5 Å². The number of piperazine rings is 1. The Labute approximate surface area is 245 Å². The number of hydrogen-bond donors (Lipinski definition) is 0. The Morgan fingerprint density at radius 3 is 1.75 bits per heavy atom. The molecule has 3 aromatic carbocycles. The van der Waals surface area contributed by atoms with Crippen molar-refractivity contribution >= 4 is 11.8 Å². The van der Waals surface area contributed by atoms with Gasteiger partial charge in [-0.05, 0) is 48.9 Å². The van der Waals surface area contributed by atoms with Crippen molar-refractivity contribution < 1.29 is 44.7 Å². The average Bonchev–Trinajstić information content (AvgIpc) is 3.32. The Bertz CT molecular complexity index is 1690. The van der Waals surface area contributed by atoms with Crippen LogP contribution in [0.25, 0.3) is 16.9 Å². The minimum absolute atomic E-state index is 0.0107. The summed E-state index contributed by atoms with van der Waals surface area (Å²) in [4.78, 5) is 29.1. The van der Waals surface area contributed by atoms with Crippen molar-refractivity contribution in [2.75, 3.05) is 26.2 Å².